The Morgan fingerprint density at radius 1 is 1.07 bits per heavy atom. The van der Waals surface area contributed by atoms with Crippen molar-refractivity contribution in [2.45, 2.75) is 51.0 Å². The van der Waals surface area contributed by atoms with Gasteiger partial charge in [-0.15, -0.1) is 10.2 Å². The fourth-order valence-electron chi connectivity index (χ4n) is 4.76. The number of nitrogens with zero attached hydrogens (tertiary/aromatic N) is 6. The van der Waals surface area contributed by atoms with E-state index in [2.05, 4.69) is 37.4 Å². The average molecular weight is 390 g/mol. The average Bonchev–Trinajstić information content (AvgIpc) is 3.44. The van der Waals surface area contributed by atoms with Crippen molar-refractivity contribution in [1.82, 2.24) is 24.5 Å². The molecule has 29 heavy (non-hydrogen) atoms. The van der Waals surface area contributed by atoms with Crippen molar-refractivity contribution in [3.05, 3.63) is 30.1 Å². The van der Waals surface area contributed by atoms with Crippen LogP contribution in [0.2, 0.25) is 0 Å². The van der Waals surface area contributed by atoms with Crippen molar-refractivity contribution in [1.29, 1.82) is 0 Å². The number of piperazine rings is 1. The molecule has 0 bridgehead atoms. The Balaban J connectivity index is 1.39. The number of hydrogen-bond donors (Lipinski definition) is 0. The number of rotatable bonds is 3. The van der Waals surface area contributed by atoms with Gasteiger partial charge in [-0.25, -0.2) is 9.38 Å². The quantitative estimate of drug-likeness (QED) is 0.688. The third-order valence-corrected chi connectivity index (χ3v) is 6.84. The topological polar surface area (TPSA) is 66.6 Å². The molecular weight excluding hydrogens is 364 g/mol. The normalized spacial score (nSPS) is 23.0. The largest absolute Gasteiger partial charge is 0.338 e. The molecule has 0 unspecified atom stereocenters. The number of para-hydroxylation sites is 1. The van der Waals surface area contributed by atoms with Crippen LogP contribution >= 0.6 is 0 Å². The van der Waals surface area contributed by atoms with Gasteiger partial charge in [-0.1, -0.05) is 18.6 Å². The second-order valence-corrected chi connectivity index (χ2v) is 8.87. The lowest BCUT2D eigenvalue weighted by Crippen LogP contribution is -2.56. The first-order chi connectivity index (χ1) is 14.2. The fraction of sp³-hybridized carbons (Fsp3) is 0.545. The summed E-state index contributed by atoms with van der Waals surface area (Å²) in [6.07, 6.45) is 5.66. The molecule has 2 saturated carbocycles. The van der Waals surface area contributed by atoms with Gasteiger partial charge in [-0.2, -0.15) is 0 Å². The van der Waals surface area contributed by atoms with Gasteiger partial charge in [-0.3, -0.25) is 4.79 Å². The van der Waals surface area contributed by atoms with Crippen molar-refractivity contribution >= 4 is 28.4 Å². The van der Waals surface area contributed by atoms with Crippen LogP contribution in [0.5, 0.6) is 0 Å². The minimum absolute atomic E-state index is 0.182. The van der Waals surface area contributed by atoms with Crippen molar-refractivity contribution in [3.8, 4) is 0 Å². The Hall–Kier alpha value is -2.70. The standard InChI is InChI=1S/C22H26N6O/c1-14-13-26(11-12-27(14)21(29)16-5-4-6-16)22-23-18-8-3-2-7-17(18)20-25-24-19(28(20)22)15-9-10-15/h2-3,7-8,14-16H,4-6,9-13H2,1H3/t14-/m1/s1. The minimum Gasteiger partial charge on any atom is -0.338 e. The third kappa shape index (κ3) is 2.70. The zero-order valence-electron chi connectivity index (χ0n) is 16.8. The molecule has 7 heteroatoms. The van der Waals surface area contributed by atoms with Gasteiger partial charge in [0.2, 0.25) is 11.9 Å². The van der Waals surface area contributed by atoms with E-state index in [1.54, 1.807) is 0 Å². The van der Waals surface area contributed by atoms with Crippen molar-refractivity contribution in [2.75, 3.05) is 24.5 Å². The molecule has 2 aliphatic carbocycles. The lowest BCUT2D eigenvalue weighted by molar-refractivity contribution is -0.140. The molecule has 0 radical (unpaired) electrons. The summed E-state index contributed by atoms with van der Waals surface area (Å²) in [5, 5.41) is 10.1. The van der Waals surface area contributed by atoms with Gasteiger partial charge in [0, 0.05) is 42.9 Å². The lowest BCUT2D eigenvalue weighted by Gasteiger charge is -2.43. The third-order valence-electron chi connectivity index (χ3n) is 6.84. The molecule has 1 aromatic carbocycles. The van der Waals surface area contributed by atoms with E-state index < -0.39 is 0 Å². The first-order valence-electron chi connectivity index (χ1n) is 10.9. The Kier molecular flexibility index (Phi) is 3.79. The maximum absolute atomic E-state index is 12.8. The molecule has 1 saturated heterocycles. The van der Waals surface area contributed by atoms with Crippen LogP contribution in [0.3, 0.4) is 0 Å². The SMILES string of the molecule is C[C@@H]1CN(c2nc3ccccc3c3nnc(C4CC4)n23)CCN1C(=O)C1CCC1. The monoisotopic (exact) mass is 390 g/mol. The van der Waals surface area contributed by atoms with Crippen LogP contribution in [-0.4, -0.2) is 56.1 Å². The number of fused-ring (bicyclic) bond motifs is 3. The van der Waals surface area contributed by atoms with Crippen LogP contribution in [0.25, 0.3) is 16.6 Å². The molecule has 0 N–H and O–H groups in total. The molecule has 150 valence electrons. The maximum atomic E-state index is 12.8. The highest BCUT2D eigenvalue weighted by Gasteiger charge is 2.36. The summed E-state index contributed by atoms with van der Waals surface area (Å²) in [4.78, 5) is 22.3. The summed E-state index contributed by atoms with van der Waals surface area (Å²) in [5.74, 6) is 3.06. The summed E-state index contributed by atoms with van der Waals surface area (Å²) in [7, 11) is 0. The highest BCUT2D eigenvalue weighted by molar-refractivity contribution is 5.92. The van der Waals surface area contributed by atoms with Crippen LogP contribution in [0.4, 0.5) is 5.95 Å². The van der Waals surface area contributed by atoms with E-state index in [0.717, 1.165) is 60.8 Å². The van der Waals surface area contributed by atoms with Crippen molar-refractivity contribution in [3.63, 3.8) is 0 Å². The van der Waals surface area contributed by atoms with Crippen molar-refractivity contribution < 1.29 is 4.79 Å². The highest BCUT2D eigenvalue weighted by atomic mass is 16.2. The van der Waals surface area contributed by atoms with Crippen LogP contribution in [0.15, 0.2) is 24.3 Å². The zero-order chi connectivity index (χ0) is 19.5. The number of hydrogen-bond acceptors (Lipinski definition) is 5. The number of benzene rings is 1. The Morgan fingerprint density at radius 2 is 1.90 bits per heavy atom. The van der Waals surface area contributed by atoms with E-state index in [-0.39, 0.29) is 12.0 Å². The van der Waals surface area contributed by atoms with E-state index in [1.165, 1.54) is 19.3 Å². The van der Waals surface area contributed by atoms with Gasteiger partial charge < -0.3 is 9.80 Å². The molecule has 3 fully saturated rings. The number of anilines is 1. The van der Waals surface area contributed by atoms with Crippen LogP contribution in [0.1, 0.15) is 50.8 Å². The van der Waals surface area contributed by atoms with Gasteiger partial charge in [0.1, 0.15) is 5.82 Å². The predicted molar refractivity (Wildman–Crippen MR) is 111 cm³/mol. The first-order valence-corrected chi connectivity index (χ1v) is 10.9. The number of carbonyl (C=O) groups excluding carboxylic acids is 1. The fourth-order valence-corrected chi connectivity index (χ4v) is 4.76. The van der Waals surface area contributed by atoms with Gasteiger partial charge in [0.25, 0.3) is 0 Å². The second-order valence-electron chi connectivity index (χ2n) is 8.87. The summed E-state index contributed by atoms with van der Waals surface area (Å²) >= 11 is 0. The number of carbonyl (C=O) groups is 1. The highest BCUT2D eigenvalue weighted by Crippen LogP contribution is 2.41. The van der Waals surface area contributed by atoms with Gasteiger partial charge in [0.05, 0.1) is 5.52 Å². The number of aromatic nitrogens is 4. The van der Waals surface area contributed by atoms with Crippen LogP contribution < -0.4 is 4.90 Å². The minimum atomic E-state index is 0.182. The molecule has 1 amide bonds. The lowest BCUT2D eigenvalue weighted by atomic mass is 9.84. The molecule has 7 nitrogen and oxygen atoms in total. The summed E-state index contributed by atoms with van der Waals surface area (Å²) < 4.78 is 2.18. The smallest absolute Gasteiger partial charge is 0.226 e. The van der Waals surface area contributed by atoms with Gasteiger partial charge >= 0.3 is 0 Å². The van der Waals surface area contributed by atoms with Gasteiger partial charge in [0.15, 0.2) is 5.65 Å². The summed E-state index contributed by atoms with van der Waals surface area (Å²) in [5.41, 5.74) is 1.85. The van der Waals surface area contributed by atoms with E-state index in [1.807, 2.05) is 18.2 Å². The number of amides is 1. The maximum Gasteiger partial charge on any atom is 0.226 e. The molecule has 3 heterocycles. The predicted octanol–water partition coefficient (Wildman–Crippen LogP) is 2.99. The van der Waals surface area contributed by atoms with E-state index in [0.29, 0.717) is 11.8 Å². The summed E-state index contributed by atoms with van der Waals surface area (Å²) in [6.45, 7) is 4.51. The zero-order valence-corrected chi connectivity index (χ0v) is 16.8. The van der Waals surface area contributed by atoms with E-state index >= 15 is 0 Å². The van der Waals surface area contributed by atoms with Crippen LogP contribution in [0, 0.1) is 5.92 Å². The molecule has 0 spiro atoms. The van der Waals surface area contributed by atoms with E-state index in [9.17, 15) is 4.79 Å². The van der Waals surface area contributed by atoms with Crippen molar-refractivity contribution in [2.24, 2.45) is 5.92 Å². The molecule has 1 atom stereocenters. The Bertz CT molecular complexity index is 1100. The molecule has 1 aliphatic heterocycles. The first kappa shape index (κ1) is 17.2. The molecule has 2 aromatic heterocycles. The molecule has 3 aromatic rings. The Labute approximate surface area is 169 Å². The van der Waals surface area contributed by atoms with E-state index in [4.69, 9.17) is 4.98 Å². The molecular formula is C22H26N6O. The molecule has 3 aliphatic rings. The molecule has 6 rings (SSSR count). The summed E-state index contributed by atoms with van der Waals surface area (Å²) in [6, 6.07) is 8.35. The second kappa shape index (κ2) is 6.40. The van der Waals surface area contributed by atoms with Gasteiger partial charge in [-0.05, 0) is 44.7 Å². The van der Waals surface area contributed by atoms with Crippen LogP contribution in [-0.2, 0) is 4.79 Å². The Morgan fingerprint density at radius 3 is 2.62 bits per heavy atom.